The van der Waals surface area contributed by atoms with Gasteiger partial charge in [-0.2, -0.15) is 0 Å². The Morgan fingerprint density at radius 3 is 2.07 bits per heavy atom. The number of carbonyl (C=O) groups is 4. The molecular weight excluding hydrogens is 372 g/mol. The van der Waals surface area contributed by atoms with Gasteiger partial charge in [-0.05, 0) is 30.5 Å². The molecule has 2 aromatic carbocycles. The van der Waals surface area contributed by atoms with Gasteiger partial charge in [0.05, 0.1) is 11.1 Å². The summed E-state index contributed by atoms with van der Waals surface area (Å²) >= 11 is 0. The van der Waals surface area contributed by atoms with Crippen LogP contribution in [-0.4, -0.2) is 47.8 Å². The van der Waals surface area contributed by atoms with E-state index in [4.69, 9.17) is 4.74 Å². The lowest BCUT2D eigenvalue weighted by Crippen LogP contribution is -2.41. The normalized spacial score (nSPS) is 14.9. The Hall–Kier alpha value is -3.48. The molecule has 1 aliphatic rings. The number of amides is 3. The van der Waals surface area contributed by atoms with Gasteiger partial charge in [0.25, 0.3) is 17.7 Å². The van der Waals surface area contributed by atoms with Gasteiger partial charge in [0.15, 0.2) is 6.10 Å². The van der Waals surface area contributed by atoms with Gasteiger partial charge < -0.3 is 10.1 Å². The van der Waals surface area contributed by atoms with Gasteiger partial charge in [-0.1, -0.05) is 49.4 Å². The third kappa shape index (κ3) is 4.51. The van der Waals surface area contributed by atoms with Gasteiger partial charge in [-0.15, -0.1) is 0 Å². The highest BCUT2D eigenvalue weighted by Gasteiger charge is 2.37. The topological polar surface area (TPSA) is 92.8 Å². The van der Waals surface area contributed by atoms with E-state index < -0.39 is 36.3 Å². The standard InChI is InChI=1S/C22H22N2O5/c1-14(16-8-4-3-5-9-16)12-23-20(26)15(2)29-19(25)13-24-21(27)17-10-6-7-11-18(17)22(24)28/h3-11,14-15H,12-13H2,1-2H3,(H,23,26)/t14-,15+/m0/s1. The monoisotopic (exact) mass is 394 g/mol. The number of rotatable bonds is 7. The first-order chi connectivity index (χ1) is 13.9. The second-order valence-corrected chi connectivity index (χ2v) is 6.93. The van der Waals surface area contributed by atoms with Crippen molar-refractivity contribution in [2.24, 2.45) is 0 Å². The van der Waals surface area contributed by atoms with Crippen LogP contribution in [0.5, 0.6) is 0 Å². The van der Waals surface area contributed by atoms with Crippen molar-refractivity contribution in [1.82, 2.24) is 10.2 Å². The predicted molar refractivity (Wildman–Crippen MR) is 105 cm³/mol. The Morgan fingerprint density at radius 1 is 0.931 bits per heavy atom. The van der Waals surface area contributed by atoms with Gasteiger partial charge in [-0.3, -0.25) is 24.1 Å². The maximum absolute atomic E-state index is 12.3. The van der Waals surface area contributed by atoms with E-state index in [0.717, 1.165) is 10.5 Å². The Labute approximate surface area is 168 Å². The molecule has 1 N–H and O–H groups in total. The van der Waals surface area contributed by atoms with Crippen LogP contribution in [0.25, 0.3) is 0 Å². The third-order valence-electron chi connectivity index (χ3n) is 4.79. The summed E-state index contributed by atoms with van der Waals surface area (Å²) in [5.41, 5.74) is 1.60. The molecule has 0 fully saturated rings. The molecule has 0 saturated heterocycles. The van der Waals surface area contributed by atoms with Gasteiger partial charge in [0, 0.05) is 6.54 Å². The number of carbonyl (C=O) groups excluding carboxylic acids is 4. The Morgan fingerprint density at radius 2 is 1.48 bits per heavy atom. The van der Waals surface area contributed by atoms with Crippen molar-refractivity contribution in [3.05, 3.63) is 71.3 Å². The van der Waals surface area contributed by atoms with Crippen LogP contribution in [0.1, 0.15) is 46.0 Å². The number of nitrogens with zero attached hydrogens (tertiary/aromatic N) is 1. The number of benzene rings is 2. The second-order valence-electron chi connectivity index (χ2n) is 6.93. The number of fused-ring (bicyclic) bond motifs is 1. The lowest BCUT2D eigenvalue weighted by atomic mass is 10.0. The van der Waals surface area contributed by atoms with E-state index in [2.05, 4.69) is 5.32 Å². The summed E-state index contributed by atoms with van der Waals surface area (Å²) in [6.45, 7) is 3.28. The van der Waals surface area contributed by atoms with Gasteiger partial charge in [0.1, 0.15) is 6.54 Å². The summed E-state index contributed by atoms with van der Waals surface area (Å²) in [4.78, 5) is 49.8. The number of ether oxygens (including phenoxy) is 1. The summed E-state index contributed by atoms with van der Waals surface area (Å²) in [7, 11) is 0. The van der Waals surface area contributed by atoms with Crippen LogP contribution in [0.2, 0.25) is 0 Å². The molecule has 1 aliphatic heterocycles. The highest BCUT2D eigenvalue weighted by atomic mass is 16.5. The fourth-order valence-electron chi connectivity index (χ4n) is 3.10. The van der Waals surface area contributed by atoms with E-state index in [9.17, 15) is 19.2 Å². The average Bonchev–Trinajstić information content (AvgIpc) is 2.97. The summed E-state index contributed by atoms with van der Waals surface area (Å²) in [5, 5.41) is 2.75. The fraction of sp³-hybridized carbons (Fsp3) is 0.273. The number of esters is 1. The van der Waals surface area contributed by atoms with Crippen LogP contribution in [0.3, 0.4) is 0 Å². The Kier molecular flexibility index (Phi) is 6.07. The van der Waals surface area contributed by atoms with E-state index in [1.165, 1.54) is 19.1 Å². The minimum absolute atomic E-state index is 0.0985. The number of imide groups is 1. The zero-order valence-corrected chi connectivity index (χ0v) is 16.3. The van der Waals surface area contributed by atoms with E-state index in [0.29, 0.717) is 6.54 Å². The van der Waals surface area contributed by atoms with Crippen LogP contribution in [0, 0.1) is 0 Å². The molecule has 1 heterocycles. The van der Waals surface area contributed by atoms with Gasteiger partial charge >= 0.3 is 5.97 Å². The SMILES string of the molecule is C[C@@H](OC(=O)CN1C(=O)c2ccccc2C1=O)C(=O)NC[C@H](C)c1ccccc1. The van der Waals surface area contributed by atoms with Crippen LogP contribution < -0.4 is 5.32 Å². The number of hydrogen-bond acceptors (Lipinski definition) is 5. The first-order valence-electron chi connectivity index (χ1n) is 9.36. The lowest BCUT2D eigenvalue weighted by Gasteiger charge is -2.18. The summed E-state index contributed by atoms with van der Waals surface area (Å²) in [6.07, 6.45) is -1.04. The number of nitrogens with one attached hydrogen (secondary N) is 1. The molecule has 3 amide bonds. The summed E-state index contributed by atoms with van der Waals surface area (Å²) in [6, 6.07) is 16.1. The molecule has 0 spiro atoms. The number of hydrogen-bond donors (Lipinski definition) is 1. The minimum atomic E-state index is -1.04. The maximum Gasteiger partial charge on any atom is 0.326 e. The molecule has 0 bridgehead atoms. The highest BCUT2D eigenvalue weighted by Crippen LogP contribution is 2.22. The molecule has 2 aromatic rings. The molecule has 0 radical (unpaired) electrons. The lowest BCUT2D eigenvalue weighted by molar-refractivity contribution is -0.154. The minimum Gasteiger partial charge on any atom is -0.451 e. The van der Waals surface area contributed by atoms with E-state index in [-0.39, 0.29) is 17.0 Å². The first-order valence-corrected chi connectivity index (χ1v) is 9.36. The molecule has 29 heavy (non-hydrogen) atoms. The van der Waals surface area contributed by atoms with Crippen LogP contribution in [0.4, 0.5) is 0 Å². The van der Waals surface area contributed by atoms with Crippen molar-refractivity contribution in [3.8, 4) is 0 Å². The molecule has 0 unspecified atom stereocenters. The molecule has 7 nitrogen and oxygen atoms in total. The predicted octanol–water partition coefficient (Wildman–Crippen LogP) is 2.13. The molecule has 0 aromatic heterocycles. The molecule has 0 aliphatic carbocycles. The highest BCUT2D eigenvalue weighted by molar-refractivity contribution is 6.22. The third-order valence-corrected chi connectivity index (χ3v) is 4.79. The van der Waals surface area contributed by atoms with Gasteiger partial charge in [-0.25, -0.2) is 0 Å². The fourth-order valence-corrected chi connectivity index (χ4v) is 3.10. The van der Waals surface area contributed by atoms with Crippen molar-refractivity contribution in [2.45, 2.75) is 25.9 Å². The maximum atomic E-state index is 12.3. The van der Waals surface area contributed by atoms with E-state index >= 15 is 0 Å². The Balaban J connectivity index is 1.50. The molecule has 0 saturated carbocycles. The summed E-state index contributed by atoms with van der Waals surface area (Å²) < 4.78 is 5.11. The molecule has 3 rings (SSSR count). The zero-order chi connectivity index (χ0) is 21.0. The van der Waals surface area contributed by atoms with Crippen molar-refractivity contribution < 1.29 is 23.9 Å². The van der Waals surface area contributed by atoms with Gasteiger partial charge in [0.2, 0.25) is 0 Å². The van der Waals surface area contributed by atoms with Crippen LogP contribution in [-0.2, 0) is 14.3 Å². The van der Waals surface area contributed by atoms with Crippen LogP contribution in [0.15, 0.2) is 54.6 Å². The van der Waals surface area contributed by atoms with Crippen molar-refractivity contribution in [3.63, 3.8) is 0 Å². The quantitative estimate of drug-likeness (QED) is 0.574. The van der Waals surface area contributed by atoms with Crippen molar-refractivity contribution >= 4 is 23.7 Å². The van der Waals surface area contributed by atoms with Crippen molar-refractivity contribution in [2.75, 3.05) is 13.1 Å². The molecular formula is C22H22N2O5. The molecule has 2 atom stereocenters. The zero-order valence-electron chi connectivity index (χ0n) is 16.3. The van der Waals surface area contributed by atoms with E-state index in [1.807, 2.05) is 37.3 Å². The van der Waals surface area contributed by atoms with Crippen LogP contribution >= 0.6 is 0 Å². The smallest absolute Gasteiger partial charge is 0.326 e. The summed E-state index contributed by atoms with van der Waals surface area (Å²) in [5.74, 6) is -2.25. The van der Waals surface area contributed by atoms with Crippen molar-refractivity contribution in [1.29, 1.82) is 0 Å². The Bertz CT molecular complexity index is 906. The molecule has 150 valence electrons. The average molecular weight is 394 g/mol. The molecule has 7 heteroatoms. The first kappa shape index (κ1) is 20.3. The second kappa shape index (κ2) is 8.68. The van der Waals surface area contributed by atoms with E-state index in [1.54, 1.807) is 12.1 Å². The largest absolute Gasteiger partial charge is 0.451 e.